The number of benzene rings is 2. The van der Waals surface area contributed by atoms with Crippen LogP contribution in [0, 0.1) is 5.82 Å². The molecule has 1 N–H and O–H groups in total. The van der Waals surface area contributed by atoms with Crippen molar-refractivity contribution in [1.29, 1.82) is 0 Å². The van der Waals surface area contributed by atoms with Gasteiger partial charge < -0.3 is 19.5 Å². The third-order valence-corrected chi connectivity index (χ3v) is 3.12. The highest BCUT2D eigenvalue weighted by atomic mass is 19.1. The van der Waals surface area contributed by atoms with Crippen LogP contribution in [0.4, 0.5) is 10.1 Å². The lowest BCUT2D eigenvalue weighted by Gasteiger charge is -2.16. The van der Waals surface area contributed by atoms with E-state index in [9.17, 15) is 9.18 Å². The molecule has 0 saturated carbocycles. The Kier molecular flexibility index (Phi) is 5.41. The highest BCUT2D eigenvalue weighted by Crippen LogP contribution is 2.28. The maximum Gasteiger partial charge on any atom is 0.265 e. The standard InChI is InChI=1S/C17H18FNO4/c1-11(17(20)19-13-6-4-12(18)5-7-13)23-16-9-14(21-2)8-15(10-16)22-3/h4-11H,1-3H3,(H,19,20)/t11-/m1/s1. The Morgan fingerprint density at radius 1 is 1.00 bits per heavy atom. The SMILES string of the molecule is COc1cc(OC)cc(O[C@H](C)C(=O)Nc2ccc(F)cc2)c1. The second kappa shape index (κ2) is 7.49. The Morgan fingerprint density at radius 2 is 1.52 bits per heavy atom. The summed E-state index contributed by atoms with van der Waals surface area (Å²) in [6, 6.07) is 10.5. The van der Waals surface area contributed by atoms with Crippen molar-refractivity contribution in [3.8, 4) is 17.2 Å². The summed E-state index contributed by atoms with van der Waals surface area (Å²) in [4.78, 5) is 12.1. The summed E-state index contributed by atoms with van der Waals surface area (Å²) in [7, 11) is 3.06. The van der Waals surface area contributed by atoms with Crippen LogP contribution < -0.4 is 19.5 Å². The van der Waals surface area contributed by atoms with E-state index in [1.54, 1.807) is 25.1 Å². The van der Waals surface area contributed by atoms with Crippen molar-refractivity contribution < 1.29 is 23.4 Å². The molecule has 0 aromatic heterocycles. The average Bonchev–Trinajstić information content (AvgIpc) is 2.56. The molecule has 0 aliphatic carbocycles. The second-order valence-electron chi connectivity index (χ2n) is 4.80. The van der Waals surface area contributed by atoms with Crippen LogP contribution in [0.1, 0.15) is 6.92 Å². The number of halogens is 1. The molecule has 1 atom stereocenters. The van der Waals surface area contributed by atoms with Crippen molar-refractivity contribution in [2.75, 3.05) is 19.5 Å². The van der Waals surface area contributed by atoms with Crippen molar-refractivity contribution >= 4 is 11.6 Å². The van der Waals surface area contributed by atoms with E-state index >= 15 is 0 Å². The lowest BCUT2D eigenvalue weighted by atomic mass is 10.2. The van der Waals surface area contributed by atoms with Gasteiger partial charge in [-0.05, 0) is 31.2 Å². The third kappa shape index (κ3) is 4.60. The van der Waals surface area contributed by atoms with E-state index < -0.39 is 6.10 Å². The molecule has 1 amide bonds. The van der Waals surface area contributed by atoms with Gasteiger partial charge in [0.2, 0.25) is 0 Å². The second-order valence-corrected chi connectivity index (χ2v) is 4.80. The van der Waals surface area contributed by atoms with E-state index in [1.165, 1.54) is 38.5 Å². The first-order chi connectivity index (χ1) is 11.0. The maximum atomic E-state index is 12.9. The molecule has 2 aromatic carbocycles. The first-order valence-corrected chi connectivity index (χ1v) is 6.98. The first kappa shape index (κ1) is 16.6. The molecule has 2 aromatic rings. The van der Waals surface area contributed by atoms with Gasteiger partial charge in [0.15, 0.2) is 6.10 Å². The number of methoxy groups -OCH3 is 2. The first-order valence-electron chi connectivity index (χ1n) is 6.98. The predicted octanol–water partition coefficient (Wildman–Crippen LogP) is 3.25. The number of rotatable bonds is 6. The Balaban J connectivity index is 2.04. The molecule has 6 heteroatoms. The van der Waals surface area contributed by atoms with E-state index in [0.717, 1.165) is 0 Å². The smallest absolute Gasteiger partial charge is 0.265 e. The van der Waals surface area contributed by atoms with Gasteiger partial charge in [0, 0.05) is 23.9 Å². The fraction of sp³-hybridized carbons (Fsp3) is 0.235. The van der Waals surface area contributed by atoms with Crippen molar-refractivity contribution in [2.24, 2.45) is 0 Å². The monoisotopic (exact) mass is 319 g/mol. The quantitative estimate of drug-likeness (QED) is 0.888. The van der Waals surface area contributed by atoms with Crippen LogP contribution in [0.2, 0.25) is 0 Å². The van der Waals surface area contributed by atoms with Crippen LogP contribution in [-0.2, 0) is 4.79 Å². The normalized spacial score (nSPS) is 11.5. The lowest BCUT2D eigenvalue weighted by Crippen LogP contribution is -2.30. The summed E-state index contributed by atoms with van der Waals surface area (Å²) in [5.41, 5.74) is 0.495. The Morgan fingerprint density at radius 3 is 2.04 bits per heavy atom. The van der Waals surface area contributed by atoms with E-state index in [0.29, 0.717) is 22.9 Å². The lowest BCUT2D eigenvalue weighted by molar-refractivity contribution is -0.122. The Labute approximate surface area is 134 Å². The van der Waals surface area contributed by atoms with Gasteiger partial charge in [0.25, 0.3) is 5.91 Å². The molecule has 0 bridgehead atoms. The molecule has 0 saturated heterocycles. The number of amides is 1. The van der Waals surface area contributed by atoms with Crippen LogP contribution in [-0.4, -0.2) is 26.2 Å². The largest absolute Gasteiger partial charge is 0.496 e. The minimum absolute atomic E-state index is 0.349. The van der Waals surface area contributed by atoms with Crippen molar-refractivity contribution in [3.05, 3.63) is 48.3 Å². The molecule has 2 rings (SSSR count). The van der Waals surface area contributed by atoms with Crippen LogP contribution >= 0.6 is 0 Å². The molecule has 0 spiro atoms. The summed E-state index contributed by atoms with van der Waals surface area (Å²) in [6.45, 7) is 1.62. The van der Waals surface area contributed by atoms with Crippen LogP contribution in [0.15, 0.2) is 42.5 Å². The Bertz CT molecular complexity index is 651. The van der Waals surface area contributed by atoms with Gasteiger partial charge in [0.05, 0.1) is 14.2 Å². The van der Waals surface area contributed by atoms with Crippen LogP contribution in [0.5, 0.6) is 17.2 Å². The van der Waals surface area contributed by atoms with Gasteiger partial charge >= 0.3 is 0 Å². The number of carbonyl (C=O) groups excluding carboxylic acids is 1. The molecule has 0 aliphatic rings. The minimum Gasteiger partial charge on any atom is -0.496 e. The number of hydrogen-bond donors (Lipinski definition) is 1. The van der Waals surface area contributed by atoms with E-state index in [4.69, 9.17) is 14.2 Å². The summed E-state index contributed by atoms with van der Waals surface area (Å²) in [6.07, 6.45) is -0.753. The molecule has 0 heterocycles. The van der Waals surface area contributed by atoms with E-state index in [1.807, 2.05) is 0 Å². The molecule has 122 valence electrons. The number of carbonyl (C=O) groups is 1. The van der Waals surface area contributed by atoms with E-state index in [2.05, 4.69) is 5.32 Å². The fourth-order valence-corrected chi connectivity index (χ4v) is 1.88. The highest BCUT2D eigenvalue weighted by molar-refractivity contribution is 5.94. The topological polar surface area (TPSA) is 56.8 Å². The number of hydrogen-bond acceptors (Lipinski definition) is 4. The van der Waals surface area contributed by atoms with Crippen molar-refractivity contribution in [2.45, 2.75) is 13.0 Å². The summed E-state index contributed by atoms with van der Waals surface area (Å²) < 4.78 is 28.8. The van der Waals surface area contributed by atoms with Gasteiger partial charge in [-0.3, -0.25) is 4.79 Å². The minimum atomic E-state index is -0.753. The van der Waals surface area contributed by atoms with Gasteiger partial charge in [0.1, 0.15) is 23.1 Å². The molecular formula is C17H18FNO4. The summed E-state index contributed by atoms with van der Waals surface area (Å²) >= 11 is 0. The number of ether oxygens (including phenoxy) is 3. The molecule has 23 heavy (non-hydrogen) atoms. The zero-order valence-corrected chi connectivity index (χ0v) is 13.1. The molecule has 0 fully saturated rings. The van der Waals surface area contributed by atoms with Gasteiger partial charge in [-0.15, -0.1) is 0 Å². The highest BCUT2D eigenvalue weighted by Gasteiger charge is 2.16. The van der Waals surface area contributed by atoms with E-state index in [-0.39, 0.29) is 11.7 Å². The molecular weight excluding hydrogens is 301 g/mol. The molecule has 0 radical (unpaired) electrons. The zero-order valence-electron chi connectivity index (χ0n) is 13.1. The molecule has 0 aliphatic heterocycles. The van der Waals surface area contributed by atoms with Crippen LogP contribution in [0.25, 0.3) is 0 Å². The van der Waals surface area contributed by atoms with Crippen molar-refractivity contribution in [3.63, 3.8) is 0 Å². The maximum absolute atomic E-state index is 12.9. The average molecular weight is 319 g/mol. The molecule has 0 unspecified atom stereocenters. The Hall–Kier alpha value is -2.76. The van der Waals surface area contributed by atoms with Crippen LogP contribution in [0.3, 0.4) is 0 Å². The summed E-state index contributed by atoms with van der Waals surface area (Å²) in [5, 5.41) is 2.65. The predicted molar refractivity (Wildman–Crippen MR) is 84.7 cm³/mol. The summed E-state index contributed by atoms with van der Waals surface area (Å²) in [5.74, 6) is 0.855. The van der Waals surface area contributed by atoms with Gasteiger partial charge in [-0.25, -0.2) is 4.39 Å². The van der Waals surface area contributed by atoms with Gasteiger partial charge in [-0.1, -0.05) is 0 Å². The zero-order chi connectivity index (χ0) is 16.8. The fourth-order valence-electron chi connectivity index (χ4n) is 1.88. The van der Waals surface area contributed by atoms with Gasteiger partial charge in [-0.2, -0.15) is 0 Å². The number of anilines is 1. The third-order valence-electron chi connectivity index (χ3n) is 3.12. The number of nitrogens with one attached hydrogen (secondary N) is 1. The van der Waals surface area contributed by atoms with Crippen molar-refractivity contribution in [1.82, 2.24) is 0 Å². The molecule has 5 nitrogen and oxygen atoms in total.